The molecule has 0 fully saturated rings. The largest absolute Gasteiger partial charge is 0.466 e. The number of hydrogen-bond donors (Lipinski definition) is 5. The summed E-state index contributed by atoms with van der Waals surface area (Å²) in [5.74, 6) is 0.872. The van der Waals surface area contributed by atoms with Gasteiger partial charge in [0.15, 0.2) is 0 Å². The van der Waals surface area contributed by atoms with Crippen LogP contribution in [0, 0.1) is 5.92 Å². The summed E-state index contributed by atoms with van der Waals surface area (Å²) >= 11 is 0. The maximum Gasteiger partial charge on any atom is 0.466 e. The number of ether oxygens (including phenoxy) is 1. The minimum atomic E-state index is -4.64. The second-order valence-electron chi connectivity index (χ2n) is 8.20. The van der Waals surface area contributed by atoms with Gasteiger partial charge in [-0.15, -0.1) is 0 Å². The van der Waals surface area contributed by atoms with E-state index in [4.69, 9.17) is 34.2 Å². The summed E-state index contributed by atoms with van der Waals surface area (Å²) in [6, 6.07) is 0. The second-order valence-corrected chi connectivity index (χ2v) is 9.23. The average molecular weight is 443 g/mol. The Bertz CT molecular complexity index is 353. The lowest BCUT2D eigenvalue weighted by Crippen LogP contribution is -2.19. The van der Waals surface area contributed by atoms with E-state index in [0.717, 1.165) is 12.3 Å². The molecular formula is C21H47O7P. The average Bonchev–Trinajstić information content (AvgIpc) is 2.62. The highest BCUT2D eigenvalue weighted by Crippen LogP contribution is 2.25. The van der Waals surface area contributed by atoms with Gasteiger partial charge < -0.3 is 29.6 Å². The van der Waals surface area contributed by atoms with Gasteiger partial charge in [-0.3, -0.25) is 0 Å². The minimum Gasteiger partial charge on any atom is -0.394 e. The summed E-state index contributed by atoms with van der Waals surface area (Å²) in [6.07, 6.45) is 18.3. The van der Waals surface area contributed by atoms with E-state index in [9.17, 15) is 0 Å². The first kappa shape index (κ1) is 31.2. The number of unbranched alkanes of at least 4 members (excludes halogenated alkanes) is 12. The fourth-order valence-electron chi connectivity index (χ4n) is 2.97. The molecule has 0 spiro atoms. The fourth-order valence-corrected chi connectivity index (χ4v) is 2.97. The number of phosphoric acid groups is 1. The molecule has 0 aliphatic carbocycles. The SMILES string of the molecule is CC(C)CCCCCCCCCCCCCCCOCC(O)CO.O=P(O)(O)O. The predicted molar refractivity (Wildman–Crippen MR) is 118 cm³/mol. The smallest absolute Gasteiger partial charge is 0.394 e. The van der Waals surface area contributed by atoms with Crippen LogP contribution in [-0.4, -0.2) is 50.8 Å². The normalized spacial score (nSPS) is 12.7. The molecule has 1 unspecified atom stereocenters. The van der Waals surface area contributed by atoms with Gasteiger partial charge in [0.2, 0.25) is 0 Å². The van der Waals surface area contributed by atoms with E-state index < -0.39 is 13.9 Å². The molecule has 7 nitrogen and oxygen atoms in total. The maximum atomic E-state index is 9.12. The summed E-state index contributed by atoms with van der Waals surface area (Å²) in [4.78, 5) is 21.6. The molecule has 0 aliphatic heterocycles. The molecule has 8 heteroatoms. The highest BCUT2D eigenvalue weighted by Gasteiger charge is 2.01. The zero-order valence-electron chi connectivity index (χ0n) is 18.7. The molecule has 29 heavy (non-hydrogen) atoms. The molecule has 178 valence electrons. The Hall–Kier alpha value is -0.0100. The molecule has 0 heterocycles. The van der Waals surface area contributed by atoms with Crippen LogP contribution >= 0.6 is 7.82 Å². The molecule has 0 aromatic heterocycles. The summed E-state index contributed by atoms with van der Waals surface area (Å²) in [7, 11) is -4.64. The van der Waals surface area contributed by atoms with E-state index in [1.165, 1.54) is 83.5 Å². The lowest BCUT2D eigenvalue weighted by Gasteiger charge is -2.08. The van der Waals surface area contributed by atoms with Gasteiger partial charge in [0.25, 0.3) is 0 Å². The number of hydrogen-bond acceptors (Lipinski definition) is 4. The number of aliphatic hydroxyl groups excluding tert-OH is 2. The molecule has 0 radical (unpaired) electrons. The van der Waals surface area contributed by atoms with Gasteiger partial charge >= 0.3 is 7.82 Å². The third-order valence-corrected chi connectivity index (χ3v) is 4.59. The molecular weight excluding hydrogens is 395 g/mol. The van der Waals surface area contributed by atoms with Crippen molar-refractivity contribution < 1.29 is 34.2 Å². The van der Waals surface area contributed by atoms with E-state index in [1.54, 1.807) is 0 Å². The Kier molecular flexibility index (Phi) is 24.4. The Morgan fingerprint density at radius 1 is 0.724 bits per heavy atom. The Labute approximate surface area is 178 Å². The van der Waals surface area contributed by atoms with Crippen LogP contribution in [0.2, 0.25) is 0 Å². The van der Waals surface area contributed by atoms with E-state index in [-0.39, 0.29) is 13.2 Å². The summed E-state index contributed by atoms with van der Waals surface area (Å²) in [6.45, 7) is 5.39. The van der Waals surface area contributed by atoms with Crippen molar-refractivity contribution in [1.82, 2.24) is 0 Å². The van der Waals surface area contributed by atoms with Crippen molar-refractivity contribution in [2.75, 3.05) is 19.8 Å². The first-order valence-electron chi connectivity index (χ1n) is 11.3. The minimum absolute atomic E-state index is 0.210. The van der Waals surface area contributed by atoms with Crippen molar-refractivity contribution in [3.05, 3.63) is 0 Å². The molecule has 1 atom stereocenters. The van der Waals surface area contributed by atoms with Gasteiger partial charge in [0.1, 0.15) is 6.10 Å². The Morgan fingerprint density at radius 2 is 1.07 bits per heavy atom. The van der Waals surface area contributed by atoms with E-state index in [0.29, 0.717) is 6.61 Å². The van der Waals surface area contributed by atoms with Crippen molar-refractivity contribution in [1.29, 1.82) is 0 Å². The third-order valence-electron chi connectivity index (χ3n) is 4.59. The van der Waals surface area contributed by atoms with Crippen LogP contribution in [0.1, 0.15) is 104 Å². The van der Waals surface area contributed by atoms with E-state index in [1.807, 2.05) is 0 Å². The third kappa shape index (κ3) is 39.1. The lowest BCUT2D eigenvalue weighted by atomic mass is 10.0. The van der Waals surface area contributed by atoms with Crippen LogP contribution in [0.3, 0.4) is 0 Å². The van der Waals surface area contributed by atoms with Gasteiger partial charge in [-0.2, -0.15) is 0 Å². The van der Waals surface area contributed by atoms with Gasteiger partial charge in [-0.25, -0.2) is 4.57 Å². The van der Waals surface area contributed by atoms with Crippen molar-refractivity contribution in [2.24, 2.45) is 5.92 Å². The standard InChI is InChI=1S/C21H44O3.H3O4P/c1-20(2)16-14-12-10-8-6-4-3-5-7-9-11-13-15-17-24-19-21(23)18-22;1-5(2,3)4/h20-23H,3-19H2,1-2H3;(H3,1,2,3,4). The van der Waals surface area contributed by atoms with Gasteiger partial charge in [-0.1, -0.05) is 97.3 Å². The fraction of sp³-hybridized carbons (Fsp3) is 1.00. The first-order chi connectivity index (χ1) is 13.7. The highest BCUT2D eigenvalue weighted by molar-refractivity contribution is 7.45. The molecule has 0 saturated carbocycles. The van der Waals surface area contributed by atoms with Crippen molar-refractivity contribution >= 4 is 7.82 Å². The predicted octanol–water partition coefficient (Wildman–Crippen LogP) is 4.55. The molecule has 0 aliphatic rings. The molecule has 5 N–H and O–H groups in total. The van der Waals surface area contributed by atoms with Crippen LogP contribution in [0.4, 0.5) is 0 Å². The summed E-state index contributed by atoms with van der Waals surface area (Å²) in [5, 5.41) is 17.8. The highest BCUT2D eigenvalue weighted by atomic mass is 31.2. The molecule has 0 aromatic rings. The number of aliphatic hydroxyl groups is 2. The van der Waals surface area contributed by atoms with Gasteiger partial charge in [-0.05, 0) is 12.3 Å². The number of rotatable bonds is 19. The van der Waals surface area contributed by atoms with Crippen LogP contribution in [0.5, 0.6) is 0 Å². The molecule has 0 aromatic carbocycles. The van der Waals surface area contributed by atoms with Crippen molar-refractivity contribution in [3.8, 4) is 0 Å². The summed E-state index contributed by atoms with van der Waals surface area (Å²) < 4.78 is 14.2. The van der Waals surface area contributed by atoms with Crippen LogP contribution in [0.25, 0.3) is 0 Å². The van der Waals surface area contributed by atoms with Gasteiger partial charge in [0.05, 0.1) is 13.2 Å². The quantitative estimate of drug-likeness (QED) is 0.147. The van der Waals surface area contributed by atoms with Crippen molar-refractivity contribution in [3.63, 3.8) is 0 Å². The topological polar surface area (TPSA) is 127 Å². The Balaban J connectivity index is 0. The maximum absolute atomic E-state index is 9.12. The Morgan fingerprint density at radius 3 is 1.41 bits per heavy atom. The monoisotopic (exact) mass is 442 g/mol. The molecule has 0 saturated heterocycles. The molecule has 0 rings (SSSR count). The first-order valence-corrected chi connectivity index (χ1v) is 12.9. The zero-order chi connectivity index (χ0) is 22.4. The second kappa shape index (κ2) is 22.7. The van der Waals surface area contributed by atoms with E-state index >= 15 is 0 Å². The lowest BCUT2D eigenvalue weighted by molar-refractivity contribution is 0.00526. The van der Waals surface area contributed by atoms with Gasteiger partial charge in [0, 0.05) is 6.61 Å². The molecule has 0 bridgehead atoms. The summed E-state index contributed by atoms with van der Waals surface area (Å²) in [5.41, 5.74) is 0. The molecule has 0 amide bonds. The van der Waals surface area contributed by atoms with Crippen LogP contribution in [0.15, 0.2) is 0 Å². The van der Waals surface area contributed by atoms with Crippen molar-refractivity contribution in [2.45, 2.75) is 110 Å². The van der Waals surface area contributed by atoms with Crippen LogP contribution in [-0.2, 0) is 9.30 Å². The zero-order valence-corrected chi connectivity index (χ0v) is 19.6. The van der Waals surface area contributed by atoms with Crippen LogP contribution < -0.4 is 0 Å². The van der Waals surface area contributed by atoms with E-state index in [2.05, 4.69) is 13.8 Å².